The molecule has 1 fully saturated rings. The minimum Gasteiger partial charge on any atom is -0.379 e. The molecule has 2 rings (SSSR count). The van der Waals surface area contributed by atoms with E-state index in [-0.39, 0.29) is 47.9 Å². The fraction of sp³-hybridized carbons (Fsp3) is 0.667. The molecule has 0 saturated carbocycles. The topological polar surface area (TPSA) is 69.2 Å². The molecule has 32 heavy (non-hydrogen) atoms. The Balaban J connectivity index is 0.00000512. The van der Waals surface area contributed by atoms with Crippen molar-refractivity contribution < 1.29 is 9.53 Å². The minimum absolute atomic E-state index is 0. The molecule has 1 atom stereocenters. The summed E-state index contributed by atoms with van der Waals surface area (Å²) in [5, 5.41) is 6.95. The zero-order valence-corrected chi connectivity index (χ0v) is 22.9. The van der Waals surface area contributed by atoms with E-state index in [0.717, 1.165) is 32.5 Å². The average Bonchev–Trinajstić information content (AvgIpc) is 2.73. The van der Waals surface area contributed by atoms with Crippen LogP contribution in [-0.4, -0.2) is 81.2 Å². The summed E-state index contributed by atoms with van der Waals surface area (Å²) in [5.41, 5.74) is 1.36. The van der Waals surface area contributed by atoms with Gasteiger partial charge in [-0.3, -0.25) is 9.69 Å². The maximum absolute atomic E-state index is 12.0. The lowest BCUT2D eigenvalue weighted by molar-refractivity contribution is -0.127. The first-order chi connectivity index (χ1) is 14.7. The van der Waals surface area contributed by atoms with Crippen molar-refractivity contribution in [2.24, 2.45) is 10.4 Å². The number of halogens is 1. The Bertz CT molecular complexity index is 698. The van der Waals surface area contributed by atoms with E-state index in [2.05, 4.69) is 71.6 Å². The molecule has 0 bridgehead atoms. The fourth-order valence-corrected chi connectivity index (χ4v) is 3.64. The van der Waals surface area contributed by atoms with Gasteiger partial charge in [-0.1, -0.05) is 51.1 Å². The quantitative estimate of drug-likeness (QED) is 0.291. The molecule has 182 valence electrons. The van der Waals surface area contributed by atoms with Crippen LogP contribution >= 0.6 is 24.0 Å². The molecule has 1 aliphatic heterocycles. The van der Waals surface area contributed by atoms with Crippen molar-refractivity contribution in [1.82, 2.24) is 20.4 Å². The summed E-state index contributed by atoms with van der Waals surface area (Å²) in [6, 6.07) is 11.0. The Kier molecular flexibility index (Phi) is 12.5. The van der Waals surface area contributed by atoms with Crippen molar-refractivity contribution in [3.05, 3.63) is 35.9 Å². The molecular formula is C24H42IN5O2. The molecule has 1 aromatic rings. The van der Waals surface area contributed by atoms with Crippen LogP contribution in [0.15, 0.2) is 35.3 Å². The highest BCUT2D eigenvalue weighted by Gasteiger charge is 2.25. The first-order valence-electron chi connectivity index (χ1n) is 11.2. The van der Waals surface area contributed by atoms with E-state index >= 15 is 0 Å². The second kappa shape index (κ2) is 14.0. The molecule has 2 N–H and O–H groups in total. The number of methoxy groups -OCH3 is 1. The molecule has 1 aromatic carbocycles. The summed E-state index contributed by atoms with van der Waals surface area (Å²) in [6.07, 6.45) is 2.13. The van der Waals surface area contributed by atoms with Crippen molar-refractivity contribution in [2.75, 3.05) is 47.4 Å². The van der Waals surface area contributed by atoms with E-state index in [9.17, 15) is 4.79 Å². The number of carbonyl (C=O) groups is 1. The van der Waals surface area contributed by atoms with Gasteiger partial charge in [0.15, 0.2) is 5.96 Å². The van der Waals surface area contributed by atoms with Gasteiger partial charge < -0.3 is 20.3 Å². The SMILES string of the molecule is COC(CNC(=NCC(=O)N(C)C)NC1CCN(Cc2ccccc2)CC1)C(C)(C)C.I. The largest absolute Gasteiger partial charge is 0.379 e. The third-order valence-electron chi connectivity index (χ3n) is 5.75. The summed E-state index contributed by atoms with van der Waals surface area (Å²) in [6.45, 7) is 10.3. The monoisotopic (exact) mass is 559 g/mol. The van der Waals surface area contributed by atoms with Crippen molar-refractivity contribution in [2.45, 2.75) is 52.3 Å². The number of benzene rings is 1. The Morgan fingerprint density at radius 2 is 1.84 bits per heavy atom. The molecule has 1 aliphatic rings. The number of rotatable bonds is 8. The molecular weight excluding hydrogens is 517 g/mol. The number of carbonyl (C=O) groups excluding carboxylic acids is 1. The van der Waals surface area contributed by atoms with E-state index in [1.165, 1.54) is 5.56 Å². The van der Waals surface area contributed by atoms with Gasteiger partial charge in [0.25, 0.3) is 0 Å². The number of piperidine rings is 1. The second-order valence-electron chi connectivity index (χ2n) is 9.60. The molecule has 0 aliphatic carbocycles. The van der Waals surface area contributed by atoms with E-state index < -0.39 is 0 Å². The highest BCUT2D eigenvalue weighted by Crippen LogP contribution is 2.21. The molecule has 8 heteroatoms. The van der Waals surface area contributed by atoms with Crippen LogP contribution in [0.3, 0.4) is 0 Å². The van der Waals surface area contributed by atoms with Gasteiger partial charge in [0, 0.05) is 53.4 Å². The van der Waals surface area contributed by atoms with E-state index in [0.29, 0.717) is 18.5 Å². The number of likely N-dealkylation sites (tertiary alicyclic amines) is 1. The molecule has 0 spiro atoms. The Morgan fingerprint density at radius 1 is 1.22 bits per heavy atom. The summed E-state index contributed by atoms with van der Waals surface area (Å²) >= 11 is 0. The number of guanidine groups is 1. The van der Waals surface area contributed by atoms with E-state index in [1.807, 2.05) is 0 Å². The van der Waals surface area contributed by atoms with Crippen LogP contribution in [0.4, 0.5) is 0 Å². The summed E-state index contributed by atoms with van der Waals surface area (Å²) < 4.78 is 5.66. The van der Waals surface area contributed by atoms with Gasteiger partial charge in [-0.2, -0.15) is 0 Å². The Labute approximate surface area is 211 Å². The molecule has 1 unspecified atom stereocenters. The normalized spacial score (nSPS) is 16.8. The van der Waals surface area contributed by atoms with Crippen LogP contribution in [-0.2, 0) is 16.1 Å². The van der Waals surface area contributed by atoms with Gasteiger partial charge in [-0.25, -0.2) is 4.99 Å². The average molecular weight is 560 g/mol. The van der Waals surface area contributed by atoms with Crippen molar-refractivity contribution >= 4 is 35.8 Å². The van der Waals surface area contributed by atoms with Crippen LogP contribution in [0.25, 0.3) is 0 Å². The molecule has 1 heterocycles. The van der Waals surface area contributed by atoms with Crippen LogP contribution in [0.1, 0.15) is 39.2 Å². The number of nitrogens with zero attached hydrogens (tertiary/aromatic N) is 3. The number of hydrogen-bond acceptors (Lipinski definition) is 4. The molecule has 0 radical (unpaired) electrons. The van der Waals surface area contributed by atoms with E-state index in [1.54, 1.807) is 26.1 Å². The number of amides is 1. The predicted octanol–water partition coefficient (Wildman–Crippen LogP) is 2.95. The maximum atomic E-state index is 12.0. The zero-order chi connectivity index (χ0) is 22.9. The number of likely N-dealkylation sites (N-methyl/N-ethyl adjacent to an activating group) is 1. The number of aliphatic imine (C=N–C) groups is 1. The van der Waals surface area contributed by atoms with Gasteiger partial charge in [0.2, 0.25) is 5.91 Å². The van der Waals surface area contributed by atoms with Gasteiger partial charge in [0.05, 0.1) is 6.10 Å². The third-order valence-corrected chi connectivity index (χ3v) is 5.75. The molecule has 1 amide bonds. The molecule has 1 saturated heterocycles. The Hall–Kier alpha value is -1.39. The van der Waals surface area contributed by atoms with Crippen molar-refractivity contribution in [3.63, 3.8) is 0 Å². The van der Waals surface area contributed by atoms with Crippen LogP contribution in [0, 0.1) is 5.41 Å². The second-order valence-corrected chi connectivity index (χ2v) is 9.60. The first kappa shape index (κ1) is 28.6. The minimum atomic E-state index is -0.0158. The summed E-state index contributed by atoms with van der Waals surface area (Å²) in [4.78, 5) is 20.6. The number of ether oxygens (including phenoxy) is 1. The van der Waals surface area contributed by atoms with Crippen LogP contribution in [0.2, 0.25) is 0 Å². The Morgan fingerprint density at radius 3 is 2.38 bits per heavy atom. The number of hydrogen-bond donors (Lipinski definition) is 2. The van der Waals surface area contributed by atoms with Crippen LogP contribution in [0.5, 0.6) is 0 Å². The number of nitrogens with one attached hydrogen (secondary N) is 2. The summed E-state index contributed by atoms with van der Waals surface area (Å²) in [7, 11) is 5.24. The van der Waals surface area contributed by atoms with Crippen LogP contribution < -0.4 is 10.6 Å². The molecule has 7 nitrogen and oxygen atoms in total. The van der Waals surface area contributed by atoms with Gasteiger partial charge >= 0.3 is 0 Å². The standard InChI is InChI=1S/C24H41N5O2.HI/c1-24(2,3)21(31-6)16-25-23(26-17-22(30)28(4)5)27-20-12-14-29(15-13-20)18-19-10-8-7-9-11-19;/h7-11,20-21H,12-18H2,1-6H3,(H2,25,26,27);1H. The van der Waals surface area contributed by atoms with Gasteiger partial charge in [-0.05, 0) is 23.8 Å². The highest BCUT2D eigenvalue weighted by atomic mass is 127. The molecule has 0 aromatic heterocycles. The summed E-state index contributed by atoms with van der Waals surface area (Å²) in [5.74, 6) is 0.668. The van der Waals surface area contributed by atoms with Crippen molar-refractivity contribution in [3.8, 4) is 0 Å². The lowest BCUT2D eigenvalue weighted by atomic mass is 9.89. The highest BCUT2D eigenvalue weighted by molar-refractivity contribution is 14.0. The fourth-order valence-electron chi connectivity index (χ4n) is 3.64. The predicted molar refractivity (Wildman–Crippen MR) is 143 cm³/mol. The van der Waals surface area contributed by atoms with Crippen molar-refractivity contribution in [1.29, 1.82) is 0 Å². The first-order valence-corrected chi connectivity index (χ1v) is 11.2. The smallest absolute Gasteiger partial charge is 0.243 e. The lowest BCUT2D eigenvalue weighted by Gasteiger charge is -2.34. The maximum Gasteiger partial charge on any atom is 0.243 e. The third kappa shape index (κ3) is 10.0. The van der Waals surface area contributed by atoms with Gasteiger partial charge in [-0.15, -0.1) is 24.0 Å². The zero-order valence-electron chi connectivity index (χ0n) is 20.6. The van der Waals surface area contributed by atoms with Gasteiger partial charge in [0.1, 0.15) is 6.54 Å². The lowest BCUT2D eigenvalue weighted by Crippen LogP contribution is -2.51. The van der Waals surface area contributed by atoms with E-state index in [4.69, 9.17) is 4.74 Å².